The van der Waals surface area contributed by atoms with Gasteiger partial charge in [0.25, 0.3) is 0 Å². The van der Waals surface area contributed by atoms with Gasteiger partial charge in [-0.25, -0.2) is 0 Å². The van der Waals surface area contributed by atoms with Crippen LogP contribution in [-0.4, -0.2) is 43.0 Å². The van der Waals surface area contributed by atoms with Gasteiger partial charge in [0.2, 0.25) is 5.91 Å². The Morgan fingerprint density at radius 3 is 2.29 bits per heavy atom. The Hall–Kier alpha value is -1.39. The first-order valence-electron chi connectivity index (χ1n) is 7.93. The van der Waals surface area contributed by atoms with Gasteiger partial charge in [-0.15, -0.1) is 0 Å². The van der Waals surface area contributed by atoms with E-state index in [-0.39, 0.29) is 5.91 Å². The van der Waals surface area contributed by atoms with Crippen molar-refractivity contribution in [2.75, 3.05) is 26.7 Å². The van der Waals surface area contributed by atoms with Gasteiger partial charge in [0.15, 0.2) is 0 Å². The van der Waals surface area contributed by atoms with E-state index in [4.69, 9.17) is 5.73 Å². The van der Waals surface area contributed by atoms with E-state index in [1.165, 1.54) is 11.1 Å². The molecule has 1 aliphatic heterocycles. The zero-order valence-electron chi connectivity index (χ0n) is 12.8. The molecule has 1 heterocycles. The van der Waals surface area contributed by atoms with Crippen LogP contribution < -0.4 is 11.1 Å². The summed E-state index contributed by atoms with van der Waals surface area (Å²) in [6.07, 6.45) is 4.33. The standard InChI is InChI=1S/C17H25N3O/c1-19-17(16(18)21,15-6-7-15)12-20-10-8-13-4-2-3-5-14(13)9-11-20/h2-5,15,19H,6-12H2,1H3,(H2,18,21). The molecule has 0 spiro atoms. The smallest absolute Gasteiger partial charge is 0.239 e. The SMILES string of the molecule is CNC(CN1CCc2ccccc2CC1)(C(N)=O)C1CC1. The van der Waals surface area contributed by atoms with E-state index in [1.807, 2.05) is 7.05 Å². The van der Waals surface area contributed by atoms with Crippen molar-refractivity contribution in [2.45, 2.75) is 31.2 Å². The third kappa shape index (κ3) is 2.83. The number of amides is 1. The molecule has 4 heteroatoms. The average molecular weight is 287 g/mol. The minimum absolute atomic E-state index is 0.200. The maximum atomic E-state index is 12.0. The number of primary amides is 1. The Morgan fingerprint density at radius 2 is 1.86 bits per heavy atom. The van der Waals surface area contributed by atoms with Crippen LogP contribution in [0.15, 0.2) is 24.3 Å². The zero-order valence-corrected chi connectivity index (χ0v) is 12.8. The molecule has 1 aromatic carbocycles. The lowest BCUT2D eigenvalue weighted by molar-refractivity contribution is -0.126. The van der Waals surface area contributed by atoms with E-state index >= 15 is 0 Å². The van der Waals surface area contributed by atoms with Crippen LogP contribution in [0.5, 0.6) is 0 Å². The van der Waals surface area contributed by atoms with Crippen molar-refractivity contribution in [1.82, 2.24) is 10.2 Å². The normalized spacial score (nSPS) is 22.1. The molecule has 0 radical (unpaired) electrons. The molecule has 4 nitrogen and oxygen atoms in total. The Bertz CT molecular complexity index is 500. The minimum Gasteiger partial charge on any atom is -0.368 e. The number of benzene rings is 1. The summed E-state index contributed by atoms with van der Waals surface area (Å²) in [6, 6.07) is 8.66. The molecule has 1 aliphatic carbocycles. The van der Waals surface area contributed by atoms with Crippen LogP contribution in [0.3, 0.4) is 0 Å². The molecule has 0 aromatic heterocycles. The predicted molar refractivity (Wildman–Crippen MR) is 84.0 cm³/mol. The molecule has 2 aliphatic rings. The van der Waals surface area contributed by atoms with Gasteiger partial charge < -0.3 is 16.0 Å². The molecule has 1 fully saturated rings. The number of hydrogen-bond donors (Lipinski definition) is 2. The van der Waals surface area contributed by atoms with Crippen molar-refractivity contribution in [2.24, 2.45) is 11.7 Å². The predicted octanol–water partition coefficient (Wildman–Crippen LogP) is 0.941. The van der Waals surface area contributed by atoms with E-state index in [2.05, 4.69) is 34.5 Å². The second kappa shape index (κ2) is 5.78. The van der Waals surface area contributed by atoms with Crippen molar-refractivity contribution < 1.29 is 4.79 Å². The number of hydrogen-bond acceptors (Lipinski definition) is 3. The highest BCUT2D eigenvalue weighted by atomic mass is 16.1. The highest BCUT2D eigenvalue weighted by Gasteiger charge is 2.49. The molecule has 21 heavy (non-hydrogen) atoms. The van der Waals surface area contributed by atoms with Gasteiger partial charge in [-0.05, 0) is 49.8 Å². The highest BCUT2D eigenvalue weighted by molar-refractivity contribution is 5.86. The number of nitrogens with one attached hydrogen (secondary N) is 1. The monoisotopic (exact) mass is 287 g/mol. The van der Waals surface area contributed by atoms with Crippen LogP contribution in [-0.2, 0) is 17.6 Å². The van der Waals surface area contributed by atoms with Gasteiger partial charge in [-0.2, -0.15) is 0 Å². The Kier molecular flexibility index (Phi) is 4.00. The first-order valence-corrected chi connectivity index (χ1v) is 7.93. The molecule has 1 amide bonds. The number of carbonyl (C=O) groups is 1. The van der Waals surface area contributed by atoms with Gasteiger partial charge in [0.1, 0.15) is 5.54 Å². The van der Waals surface area contributed by atoms with Gasteiger partial charge in [-0.1, -0.05) is 24.3 Å². The molecule has 1 saturated carbocycles. The summed E-state index contributed by atoms with van der Waals surface area (Å²) in [4.78, 5) is 14.4. The summed E-state index contributed by atoms with van der Waals surface area (Å²) in [5.74, 6) is 0.208. The largest absolute Gasteiger partial charge is 0.368 e. The molecule has 3 rings (SSSR count). The summed E-state index contributed by atoms with van der Waals surface area (Å²) in [7, 11) is 1.87. The van der Waals surface area contributed by atoms with Crippen LogP contribution in [0.25, 0.3) is 0 Å². The number of likely N-dealkylation sites (N-methyl/N-ethyl adjacent to an activating group) is 1. The van der Waals surface area contributed by atoms with Gasteiger partial charge in [-0.3, -0.25) is 4.79 Å². The van der Waals surface area contributed by atoms with Crippen LogP contribution >= 0.6 is 0 Å². The number of rotatable bonds is 5. The Balaban J connectivity index is 1.72. The molecule has 114 valence electrons. The molecule has 1 unspecified atom stereocenters. The van der Waals surface area contributed by atoms with Gasteiger partial charge >= 0.3 is 0 Å². The summed E-state index contributed by atoms with van der Waals surface area (Å²) in [6.45, 7) is 2.73. The number of carbonyl (C=O) groups excluding carboxylic acids is 1. The summed E-state index contributed by atoms with van der Waals surface area (Å²) in [5, 5.41) is 3.25. The fraction of sp³-hybridized carbons (Fsp3) is 0.588. The van der Waals surface area contributed by atoms with Crippen LogP contribution in [0.2, 0.25) is 0 Å². The molecule has 1 atom stereocenters. The van der Waals surface area contributed by atoms with Crippen LogP contribution in [0.1, 0.15) is 24.0 Å². The van der Waals surface area contributed by atoms with Gasteiger partial charge in [0.05, 0.1) is 0 Å². The topological polar surface area (TPSA) is 58.4 Å². The average Bonchev–Trinajstić information content (AvgIpc) is 3.32. The fourth-order valence-corrected chi connectivity index (χ4v) is 3.62. The maximum absolute atomic E-state index is 12.0. The van der Waals surface area contributed by atoms with E-state index in [0.717, 1.165) is 45.3 Å². The van der Waals surface area contributed by atoms with Crippen molar-refractivity contribution in [3.63, 3.8) is 0 Å². The lowest BCUT2D eigenvalue weighted by atomic mass is 9.91. The van der Waals surface area contributed by atoms with Gasteiger partial charge in [0, 0.05) is 19.6 Å². The molecule has 0 saturated heterocycles. The Labute approximate surface area is 126 Å². The first-order chi connectivity index (χ1) is 10.2. The molecular weight excluding hydrogens is 262 g/mol. The lowest BCUT2D eigenvalue weighted by Crippen LogP contribution is -2.62. The molecule has 1 aromatic rings. The molecule has 3 N–H and O–H groups in total. The van der Waals surface area contributed by atoms with Crippen molar-refractivity contribution in [1.29, 1.82) is 0 Å². The Morgan fingerprint density at radius 1 is 1.29 bits per heavy atom. The summed E-state index contributed by atoms with van der Waals surface area (Å²) < 4.78 is 0. The van der Waals surface area contributed by atoms with Crippen molar-refractivity contribution >= 4 is 5.91 Å². The third-order valence-corrected chi connectivity index (χ3v) is 5.15. The summed E-state index contributed by atoms with van der Waals surface area (Å²) >= 11 is 0. The number of nitrogens with zero attached hydrogens (tertiary/aromatic N) is 1. The number of fused-ring (bicyclic) bond motifs is 1. The second-order valence-electron chi connectivity index (χ2n) is 6.40. The minimum atomic E-state index is -0.545. The van der Waals surface area contributed by atoms with E-state index in [9.17, 15) is 4.79 Å². The van der Waals surface area contributed by atoms with Crippen LogP contribution in [0, 0.1) is 5.92 Å². The van der Waals surface area contributed by atoms with Crippen LogP contribution in [0.4, 0.5) is 0 Å². The first kappa shape index (κ1) is 14.5. The van der Waals surface area contributed by atoms with Crippen molar-refractivity contribution in [3.8, 4) is 0 Å². The number of nitrogens with two attached hydrogens (primary N) is 1. The molecular formula is C17H25N3O. The molecule has 0 bridgehead atoms. The van der Waals surface area contributed by atoms with E-state index < -0.39 is 5.54 Å². The highest BCUT2D eigenvalue weighted by Crippen LogP contribution is 2.40. The maximum Gasteiger partial charge on any atom is 0.239 e. The van der Waals surface area contributed by atoms with Crippen molar-refractivity contribution in [3.05, 3.63) is 35.4 Å². The quantitative estimate of drug-likeness (QED) is 0.847. The zero-order chi connectivity index (χ0) is 14.9. The summed E-state index contributed by atoms with van der Waals surface area (Å²) in [5.41, 5.74) is 8.08. The third-order valence-electron chi connectivity index (χ3n) is 5.15. The fourth-order valence-electron chi connectivity index (χ4n) is 3.62. The van der Waals surface area contributed by atoms with E-state index in [0.29, 0.717) is 5.92 Å². The second-order valence-corrected chi connectivity index (χ2v) is 6.40. The van der Waals surface area contributed by atoms with E-state index in [1.54, 1.807) is 0 Å². The lowest BCUT2D eigenvalue weighted by Gasteiger charge is -2.35.